The van der Waals surface area contributed by atoms with Gasteiger partial charge in [0.1, 0.15) is 11.6 Å². The van der Waals surface area contributed by atoms with Gasteiger partial charge in [-0.25, -0.2) is 8.78 Å². The summed E-state index contributed by atoms with van der Waals surface area (Å²) in [6, 6.07) is 3.31. The Morgan fingerprint density at radius 1 is 1.25 bits per heavy atom. The van der Waals surface area contributed by atoms with Crippen LogP contribution in [0.1, 0.15) is 22.9 Å². The van der Waals surface area contributed by atoms with Gasteiger partial charge in [-0.05, 0) is 31.7 Å². The summed E-state index contributed by atoms with van der Waals surface area (Å²) in [4.78, 5) is 4.08. The van der Waals surface area contributed by atoms with E-state index in [-0.39, 0.29) is 10.6 Å². The van der Waals surface area contributed by atoms with E-state index in [0.29, 0.717) is 16.3 Å². The molecule has 6 heteroatoms. The van der Waals surface area contributed by atoms with Gasteiger partial charge >= 0.3 is 0 Å². The van der Waals surface area contributed by atoms with Crippen LogP contribution in [0.15, 0.2) is 24.4 Å². The van der Waals surface area contributed by atoms with Gasteiger partial charge < -0.3 is 5.32 Å². The molecule has 2 aromatic rings. The molecule has 1 aromatic heterocycles. The van der Waals surface area contributed by atoms with E-state index in [1.54, 1.807) is 14.0 Å². The second-order valence-electron chi connectivity index (χ2n) is 4.33. The molecule has 1 atom stereocenters. The van der Waals surface area contributed by atoms with Gasteiger partial charge in [0.15, 0.2) is 0 Å². The Hall–Kier alpha value is -1.23. The molecule has 1 N–H and O–H groups in total. The summed E-state index contributed by atoms with van der Waals surface area (Å²) in [5.41, 5.74) is 0.568. The van der Waals surface area contributed by atoms with Crippen molar-refractivity contribution in [2.24, 2.45) is 0 Å². The summed E-state index contributed by atoms with van der Waals surface area (Å²) >= 11 is 11.8. The van der Waals surface area contributed by atoms with Crippen LogP contribution in [0, 0.1) is 18.6 Å². The monoisotopic (exact) mass is 316 g/mol. The van der Waals surface area contributed by atoms with Crippen molar-refractivity contribution < 1.29 is 8.78 Å². The molecule has 1 aromatic carbocycles. The molecule has 1 heterocycles. The molecule has 0 saturated carbocycles. The molecule has 20 heavy (non-hydrogen) atoms. The number of rotatable bonds is 3. The summed E-state index contributed by atoms with van der Waals surface area (Å²) < 4.78 is 28.2. The molecular formula is C14H12Cl2F2N2. The average molecular weight is 317 g/mol. The lowest BCUT2D eigenvalue weighted by Gasteiger charge is -2.19. The van der Waals surface area contributed by atoms with E-state index in [1.807, 2.05) is 0 Å². The molecule has 0 aliphatic carbocycles. The van der Waals surface area contributed by atoms with Crippen LogP contribution in [-0.2, 0) is 0 Å². The largest absolute Gasteiger partial charge is 0.308 e. The zero-order valence-corrected chi connectivity index (χ0v) is 12.4. The highest BCUT2D eigenvalue weighted by molar-refractivity contribution is 6.34. The number of benzene rings is 1. The van der Waals surface area contributed by atoms with Gasteiger partial charge in [0.25, 0.3) is 0 Å². The van der Waals surface area contributed by atoms with E-state index in [4.69, 9.17) is 23.2 Å². The first-order valence-electron chi connectivity index (χ1n) is 5.88. The first-order chi connectivity index (χ1) is 9.45. The van der Waals surface area contributed by atoms with Crippen molar-refractivity contribution in [1.29, 1.82) is 0 Å². The molecule has 2 nitrogen and oxygen atoms in total. The lowest BCUT2D eigenvalue weighted by Crippen LogP contribution is -2.22. The standard InChI is InChI=1S/C14H12Cl2F2N2/c1-7-3-4-10(17)11(12(7)18)14(19-2)13-9(16)5-8(15)6-20-13/h3-6,14,19H,1-2H3. The number of halogens is 4. The molecule has 2 rings (SSSR count). The van der Waals surface area contributed by atoms with E-state index >= 15 is 0 Å². The quantitative estimate of drug-likeness (QED) is 0.914. The highest BCUT2D eigenvalue weighted by Gasteiger charge is 2.25. The number of hydrogen-bond acceptors (Lipinski definition) is 2. The van der Waals surface area contributed by atoms with E-state index in [9.17, 15) is 8.78 Å². The molecule has 1 unspecified atom stereocenters. The van der Waals surface area contributed by atoms with Crippen molar-refractivity contribution in [3.8, 4) is 0 Å². The third kappa shape index (κ3) is 2.77. The minimum Gasteiger partial charge on any atom is -0.308 e. The lowest BCUT2D eigenvalue weighted by atomic mass is 9.99. The maximum atomic E-state index is 14.2. The summed E-state index contributed by atoms with van der Waals surface area (Å²) in [6.45, 7) is 1.57. The third-order valence-electron chi connectivity index (χ3n) is 3.01. The van der Waals surface area contributed by atoms with Gasteiger partial charge in [-0.2, -0.15) is 0 Å². The maximum absolute atomic E-state index is 14.2. The van der Waals surface area contributed by atoms with Crippen LogP contribution in [0.4, 0.5) is 8.78 Å². The number of nitrogens with zero attached hydrogens (tertiary/aromatic N) is 1. The molecule has 0 aliphatic heterocycles. The molecule has 0 bridgehead atoms. The molecule has 0 amide bonds. The number of pyridine rings is 1. The highest BCUT2D eigenvalue weighted by Crippen LogP contribution is 2.31. The predicted molar refractivity (Wildman–Crippen MR) is 76.3 cm³/mol. The van der Waals surface area contributed by atoms with E-state index in [1.165, 1.54) is 24.4 Å². The van der Waals surface area contributed by atoms with Gasteiger partial charge in [0.2, 0.25) is 0 Å². The van der Waals surface area contributed by atoms with Crippen LogP contribution in [0.3, 0.4) is 0 Å². The van der Waals surface area contributed by atoms with Gasteiger partial charge in [0, 0.05) is 11.8 Å². The van der Waals surface area contributed by atoms with Crippen LogP contribution in [0.5, 0.6) is 0 Å². The normalized spacial score (nSPS) is 12.5. The molecular weight excluding hydrogens is 305 g/mol. The van der Waals surface area contributed by atoms with Crippen LogP contribution in [0.25, 0.3) is 0 Å². The van der Waals surface area contributed by atoms with Crippen molar-refractivity contribution >= 4 is 23.2 Å². The molecule has 0 aliphatic rings. The summed E-state index contributed by atoms with van der Waals surface area (Å²) in [5, 5.41) is 3.44. The Morgan fingerprint density at radius 2 is 1.95 bits per heavy atom. The van der Waals surface area contributed by atoms with Crippen molar-refractivity contribution in [2.75, 3.05) is 7.05 Å². The van der Waals surface area contributed by atoms with Crippen LogP contribution < -0.4 is 5.32 Å². The number of aryl methyl sites for hydroxylation is 1. The number of nitrogens with one attached hydrogen (secondary N) is 1. The Bertz CT molecular complexity index is 647. The molecule has 0 fully saturated rings. The second kappa shape index (κ2) is 6.04. The average Bonchev–Trinajstić information content (AvgIpc) is 2.40. The Labute approximate surface area is 125 Å². The molecule has 0 spiro atoms. The Morgan fingerprint density at radius 3 is 2.55 bits per heavy atom. The number of aromatic nitrogens is 1. The van der Waals surface area contributed by atoms with E-state index < -0.39 is 17.7 Å². The zero-order chi connectivity index (χ0) is 14.9. The van der Waals surface area contributed by atoms with Crippen molar-refractivity contribution in [1.82, 2.24) is 10.3 Å². The summed E-state index contributed by atoms with van der Waals surface area (Å²) in [7, 11) is 1.58. The maximum Gasteiger partial charge on any atom is 0.134 e. The summed E-state index contributed by atoms with van der Waals surface area (Å²) in [6.07, 6.45) is 1.39. The van der Waals surface area contributed by atoms with Gasteiger partial charge in [-0.15, -0.1) is 0 Å². The van der Waals surface area contributed by atoms with Gasteiger partial charge in [-0.1, -0.05) is 29.3 Å². The topological polar surface area (TPSA) is 24.9 Å². The fraction of sp³-hybridized carbons (Fsp3) is 0.214. The minimum atomic E-state index is -0.792. The van der Waals surface area contributed by atoms with Crippen molar-refractivity contribution in [2.45, 2.75) is 13.0 Å². The van der Waals surface area contributed by atoms with Crippen molar-refractivity contribution in [3.05, 3.63) is 62.9 Å². The van der Waals surface area contributed by atoms with E-state index in [0.717, 1.165) is 0 Å². The molecule has 0 radical (unpaired) electrons. The Kier molecular flexibility index (Phi) is 4.58. The third-order valence-corrected chi connectivity index (χ3v) is 3.52. The fourth-order valence-electron chi connectivity index (χ4n) is 2.00. The SMILES string of the molecule is CNC(c1ncc(Cl)cc1Cl)c1c(F)ccc(C)c1F. The lowest BCUT2D eigenvalue weighted by molar-refractivity contribution is 0.513. The molecule has 106 valence electrons. The summed E-state index contributed by atoms with van der Waals surface area (Å²) in [5.74, 6) is -1.27. The van der Waals surface area contributed by atoms with Crippen LogP contribution in [0.2, 0.25) is 10.0 Å². The first-order valence-corrected chi connectivity index (χ1v) is 6.64. The van der Waals surface area contributed by atoms with Crippen molar-refractivity contribution in [3.63, 3.8) is 0 Å². The van der Waals surface area contributed by atoms with Gasteiger partial charge in [0.05, 0.1) is 21.8 Å². The minimum absolute atomic E-state index is 0.107. The van der Waals surface area contributed by atoms with E-state index in [2.05, 4.69) is 10.3 Å². The second-order valence-corrected chi connectivity index (χ2v) is 5.18. The molecule has 0 saturated heterocycles. The van der Waals surface area contributed by atoms with Crippen LogP contribution >= 0.6 is 23.2 Å². The number of hydrogen-bond donors (Lipinski definition) is 1. The Balaban J connectivity index is 2.61. The highest BCUT2D eigenvalue weighted by atomic mass is 35.5. The smallest absolute Gasteiger partial charge is 0.134 e. The van der Waals surface area contributed by atoms with Gasteiger partial charge in [-0.3, -0.25) is 4.98 Å². The fourth-order valence-corrected chi connectivity index (χ4v) is 2.49. The van der Waals surface area contributed by atoms with Crippen LogP contribution in [-0.4, -0.2) is 12.0 Å². The predicted octanol–water partition coefficient (Wildman–Crippen LogP) is 4.28. The zero-order valence-electron chi connectivity index (χ0n) is 10.8. The first kappa shape index (κ1) is 15.2.